The molecule has 1 aromatic carbocycles. The molecule has 2 heterocycles. The van der Waals surface area contributed by atoms with Crippen molar-refractivity contribution in [2.75, 3.05) is 11.9 Å². The molecule has 2 aromatic heterocycles. The molecule has 0 fully saturated rings. The number of pyridine rings is 1. The van der Waals surface area contributed by atoms with Gasteiger partial charge in [-0.3, -0.25) is 14.4 Å². The maximum Gasteiger partial charge on any atom is 0.262 e. The summed E-state index contributed by atoms with van der Waals surface area (Å²) in [5.74, 6) is 0.195. The zero-order chi connectivity index (χ0) is 14.7. The minimum Gasteiger partial charge on any atom is -0.360 e. The van der Waals surface area contributed by atoms with Crippen LogP contribution < -0.4 is 10.8 Å². The summed E-state index contributed by atoms with van der Waals surface area (Å²) in [6.07, 6.45) is 1.87. The average Bonchev–Trinajstić information content (AvgIpc) is 2.92. The number of imidazole rings is 1. The van der Waals surface area contributed by atoms with Crippen LogP contribution in [-0.2, 0) is 4.79 Å². The Balaban J connectivity index is 2.08. The van der Waals surface area contributed by atoms with Crippen molar-refractivity contribution in [3.8, 4) is 11.3 Å². The van der Waals surface area contributed by atoms with Crippen LogP contribution in [0.3, 0.4) is 0 Å². The molecule has 3 N–H and O–H groups in total. The van der Waals surface area contributed by atoms with Crippen molar-refractivity contribution >= 4 is 17.4 Å². The molecule has 0 saturated heterocycles. The number of amides is 1. The van der Waals surface area contributed by atoms with E-state index in [9.17, 15) is 4.79 Å². The van der Waals surface area contributed by atoms with Crippen LogP contribution in [0.5, 0.6) is 0 Å². The zero-order valence-electron chi connectivity index (χ0n) is 11.2. The lowest BCUT2D eigenvalue weighted by molar-refractivity contribution is -0.127. The monoisotopic (exact) mass is 282 g/mol. The number of carbonyl (C=O) groups is 1. The molecule has 1 amide bonds. The molecule has 0 aliphatic carbocycles. The highest BCUT2D eigenvalue weighted by atomic mass is 16.5. The van der Waals surface area contributed by atoms with Crippen molar-refractivity contribution in [1.82, 2.24) is 14.9 Å². The van der Waals surface area contributed by atoms with E-state index < -0.39 is 5.91 Å². The molecule has 0 aliphatic rings. The Labute approximate surface area is 121 Å². The van der Waals surface area contributed by atoms with E-state index in [2.05, 4.69) is 10.3 Å². The van der Waals surface area contributed by atoms with E-state index in [1.807, 2.05) is 59.1 Å². The molecule has 106 valence electrons. The number of hydrogen-bond acceptors (Lipinski definition) is 4. The Morgan fingerprint density at radius 3 is 2.67 bits per heavy atom. The summed E-state index contributed by atoms with van der Waals surface area (Å²) in [6, 6.07) is 15.4. The molecule has 0 unspecified atom stereocenters. The number of nitrogens with one attached hydrogen (secondary N) is 2. The van der Waals surface area contributed by atoms with Crippen LogP contribution in [0.15, 0.2) is 54.7 Å². The number of nitrogens with zero attached hydrogens (tertiary/aromatic N) is 2. The van der Waals surface area contributed by atoms with E-state index in [1.165, 1.54) is 0 Å². The Morgan fingerprint density at radius 1 is 1.14 bits per heavy atom. The lowest BCUT2D eigenvalue weighted by atomic mass is 10.1. The predicted molar refractivity (Wildman–Crippen MR) is 79.0 cm³/mol. The Hall–Kier alpha value is -2.86. The predicted octanol–water partition coefficient (Wildman–Crippen LogP) is 1.92. The van der Waals surface area contributed by atoms with Gasteiger partial charge in [-0.2, -0.15) is 0 Å². The first-order valence-corrected chi connectivity index (χ1v) is 6.49. The highest BCUT2D eigenvalue weighted by Crippen LogP contribution is 2.28. The Kier molecular flexibility index (Phi) is 3.53. The topological polar surface area (TPSA) is 78.7 Å². The fourth-order valence-corrected chi connectivity index (χ4v) is 2.17. The quantitative estimate of drug-likeness (QED) is 0.504. The maximum atomic E-state index is 11.2. The van der Waals surface area contributed by atoms with E-state index in [4.69, 9.17) is 5.21 Å². The van der Waals surface area contributed by atoms with Crippen molar-refractivity contribution < 1.29 is 10.0 Å². The first-order chi connectivity index (χ1) is 10.3. The third kappa shape index (κ3) is 2.56. The van der Waals surface area contributed by atoms with Gasteiger partial charge < -0.3 is 5.32 Å². The van der Waals surface area contributed by atoms with E-state index in [0.29, 0.717) is 5.82 Å². The number of hydrogen-bond donors (Lipinski definition) is 3. The summed E-state index contributed by atoms with van der Waals surface area (Å²) in [5, 5.41) is 11.6. The first kappa shape index (κ1) is 13.1. The maximum absolute atomic E-state index is 11.2. The van der Waals surface area contributed by atoms with Crippen LogP contribution in [0, 0.1) is 0 Å². The number of fused-ring (bicyclic) bond motifs is 1. The van der Waals surface area contributed by atoms with Crippen LogP contribution in [0.1, 0.15) is 0 Å². The third-order valence-corrected chi connectivity index (χ3v) is 3.12. The minimum absolute atomic E-state index is 0.0426. The van der Waals surface area contributed by atoms with Crippen molar-refractivity contribution in [1.29, 1.82) is 0 Å². The number of aromatic nitrogens is 2. The van der Waals surface area contributed by atoms with Gasteiger partial charge in [0, 0.05) is 11.8 Å². The molecule has 3 rings (SSSR count). The second-order valence-electron chi connectivity index (χ2n) is 4.49. The van der Waals surface area contributed by atoms with Gasteiger partial charge in [-0.15, -0.1) is 0 Å². The van der Waals surface area contributed by atoms with Gasteiger partial charge >= 0.3 is 0 Å². The molecule has 6 nitrogen and oxygen atoms in total. The highest BCUT2D eigenvalue weighted by Gasteiger charge is 2.14. The van der Waals surface area contributed by atoms with E-state index in [1.54, 1.807) is 5.48 Å². The molecule has 0 spiro atoms. The first-order valence-electron chi connectivity index (χ1n) is 6.49. The molecule has 0 bridgehead atoms. The van der Waals surface area contributed by atoms with E-state index >= 15 is 0 Å². The van der Waals surface area contributed by atoms with Crippen molar-refractivity contribution in [3.63, 3.8) is 0 Å². The van der Waals surface area contributed by atoms with Crippen LogP contribution in [0.4, 0.5) is 5.82 Å². The molecule has 0 radical (unpaired) electrons. The summed E-state index contributed by atoms with van der Waals surface area (Å²) in [7, 11) is 0. The van der Waals surface area contributed by atoms with Crippen LogP contribution >= 0.6 is 0 Å². The van der Waals surface area contributed by atoms with Gasteiger partial charge in [0.15, 0.2) is 0 Å². The molecule has 3 aromatic rings. The number of anilines is 1. The summed E-state index contributed by atoms with van der Waals surface area (Å²) >= 11 is 0. The molecular weight excluding hydrogens is 268 g/mol. The average molecular weight is 282 g/mol. The van der Waals surface area contributed by atoms with Crippen LogP contribution in [0.2, 0.25) is 0 Å². The van der Waals surface area contributed by atoms with Gasteiger partial charge in [0.25, 0.3) is 5.91 Å². The van der Waals surface area contributed by atoms with E-state index in [-0.39, 0.29) is 6.54 Å². The fraction of sp³-hybridized carbons (Fsp3) is 0.0667. The lowest BCUT2D eigenvalue weighted by Gasteiger charge is -2.07. The molecule has 21 heavy (non-hydrogen) atoms. The van der Waals surface area contributed by atoms with Crippen LogP contribution in [-0.4, -0.2) is 27.0 Å². The number of rotatable bonds is 4. The second-order valence-corrected chi connectivity index (χ2v) is 4.49. The zero-order valence-corrected chi connectivity index (χ0v) is 11.2. The normalized spacial score (nSPS) is 10.5. The van der Waals surface area contributed by atoms with Gasteiger partial charge in [-0.1, -0.05) is 36.4 Å². The standard InChI is InChI=1S/C15H14N4O2/c20-13(18-21)10-16-15-14(11-6-2-1-3-7-11)17-12-8-4-5-9-19(12)15/h1-9,16,21H,10H2,(H,18,20). The van der Waals surface area contributed by atoms with Crippen molar-refractivity contribution in [2.45, 2.75) is 0 Å². The summed E-state index contributed by atoms with van der Waals surface area (Å²) in [4.78, 5) is 15.8. The van der Waals surface area contributed by atoms with Gasteiger partial charge in [0.1, 0.15) is 17.2 Å². The summed E-state index contributed by atoms with van der Waals surface area (Å²) < 4.78 is 1.87. The molecule has 0 atom stereocenters. The molecule has 0 saturated carbocycles. The number of benzene rings is 1. The molecule has 6 heteroatoms. The fourth-order valence-electron chi connectivity index (χ4n) is 2.17. The van der Waals surface area contributed by atoms with Crippen molar-refractivity contribution in [2.24, 2.45) is 0 Å². The Bertz CT molecular complexity index is 768. The SMILES string of the molecule is O=C(CNc1c(-c2ccccc2)nc2ccccn12)NO. The Morgan fingerprint density at radius 2 is 1.90 bits per heavy atom. The highest BCUT2D eigenvalue weighted by molar-refractivity contribution is 5.83. The number of hydroxylamine groups is 1. The van der Waals surface area contributed by atoms with Gasteiger partial charge in [0.05, 0.1) is 6.54 Å². The van der Waals surface area contributed by atoms with Gasteiger partial charge in [0.2, 0.25) is 0 Å². The summed E-state index contributed by atoms with van der Waals surface area (Å²) in [5.41, 5.74) is 4.09. The van der Waals surface area contributed by atoms with Gasteiger partial charge in [-0.05, 0) is 12.1 Å². The second kappa shape index (κ2) is 5.64. The van der Waals surface area contributed by atoms with E-state index in [0.717, 1.165) is 16.9 Å². The third-order valence-electron chi connectivity index (χ3n) is 3.12. The lowest BCUT2D eigenvalue weighted by Crippen LogP contribution is -2.27. The van der Waals surface area contributed by atoms with Crippen LogP contribution in [0.25, 0.3) is 16.9 Å². The largest absolute Gasteiger partial charge is 0.360 e. The number of carbonyl (C=O) groups excluding carboxylic acids is 1. The minimum atomic E-state index is -0.514. The van der Waals surface area contributed by atoms with Gasteiger partial charge in [-0.25, -0.2) is 10.5 Å². The summed E-state index contributed by atoms with van der Waals surface area (Å²) in [6.45, 7) is -0.0426. The van der Waals surface area contributed by atoms with Crippen molar-refractivity contribution in [3.05, 3.63) is 54.7 Å². The molecule has 0 aliphatic heterocycles. The molecular formula is C15H14N4O2. The smallest absolute Gasteiger partial charge is 0.262 e.